The van der Waals surface area contributed by atoms with E-state index in [1.54, 1.807) is 25.1 Å². The van der Waals surface area contributed by atoms with Crippen LogP contribution in [0, 0.1) is 11.7 Å². The predicted molar refractivity (Wildman–Crippen MR) is 99.3 cm³/mol. The fraction of sp³-hybridized carbons (Fsp3) is 0.133. The van der Waals surface area contributed by atoms with E-state index in [1.165, 1.54) is 20.7 Å². The largest absolute Gasteiger partial charge is 0.366 e. The van der Waals surface area contributed by atoms with Crippen LogP contribution in [-0.2, 0) is 6.54 Å². The molecule has 24 heavy (non-hydrogen) atoms. The number of carbonyl (C=O) groups excluding carboxylic acids is 1. The monoisotopic (exact) mass is 379 g/mol. The summed E-state index contributed by atoms with van der Waals surface area (Å²) in [5.74, 6) is 0.0517. The van der Waals surface area contributed by atoms with Crippen molar-refractivity contribution in [1.29, 1.82) is 0 Å². The molecule has 0 aliphatic heterocycles. The fourth-order valence-electron chi connectivity index (χ4n) is 2.22. The van der Waals surface area contributed by atoms with Gasteiger partial charge in [0.25, 0.3) is 0 Å². The summed E-state index contributed by atoms with van der Waals surface area (Å²) >= 11 is 12.9. The van der Waals surface area contributed by atoms with Crippen LogP contribution in [0.3, 0.4) is 0 Å². The van der Waals surface area contributed by atoms with E-state index in [0.29, 0.717) is 15.4 Å². The van der Waals surface area contributed by atoms with Gasteiger partial charge in [-0.3, -0.25) is 10.2 Å². The number of aromatic nitrogens is 3. The minimum Gasteiger partial charge on any atom is -0.366 e. The number of hydrogen-bond donors (Lipinski definition) is 2. The number of benzene rings is 1. The van der Waals surface area contributed by atoms with Crippen LogP contribution in [0.4, 0.5) is 10.9 Å². The number of anilines is 2. The summed E-state index contributed by atoms with van der Waals surface area (Å²) in [6, 6.07) is 9.02. The highest BCUT2D eigenvalue weighted by Gasteiger charge is 2.15. The van der Waals surface area contributed by atoms with Crippen molar-refractivity contribution in [2.75, 3.05) is 11.2 Å². The quantitative estimate of drug-likeness (QED) is 0.521. The van der Waals surface area contributed by atoms with Gasteiger partial charge in [-0.05, 0) is 48.3 Å². The molecule has 2 heterocycles. The van der Waals surface area contributed by atoms with Crippen LogP contribution in [0.25, 0.3) is 0 Å². The molecule has 0 saturated carbocycles. The molecule has 0 atom stereocenters. The molecular formula is C15H14ClN5OS2. The lowest BCUT2D eigenvalue weighted by atomic mass is 10.1. The Morgan fingerprint density at radius 2 is 2.21 bits per heavy atom. The first-order chi connectivity index (χ1) is 11.5. The number of thiophene rings is 1. The lowest BCUT2D eigenvalue weighted by molar-refractivity contribution is 0.0966. The average Bonchev–Trinajstić information content (AvgIpc) is 3.14. The van der Waals surface area contributed by atoms with Crippen LogP contribution >= 0.6 is 35.2 Å². The van der Waals surface area contributed by atoms with Crippen LogP contribution in [0.1, 0.15) is 15.9 Å². The van der Waals surface area contributed by atoms with Crippen molar-refractivity contribution in [2.24, 2.45) is 0 Å². The molecule has 0 bridgehead atoms. The summed E-state index contributed by atoms with van der Waals surface area (Å²) in [5.41, 5.74) is 10.2. The molecule has 0 radical (unpaired) electrons. The topological polar surface area (TPSA) is 77.9 Å². The van der Waals surface area contributed by atoms with Gasteiger partial charge in [0.1, 0.15) is 11.5 Å². The van der Waals surface area contributed by atoms with Crippen LogP contribution in [0.15, 0.2) is 35.7 Å². The Kier molecular flexibility index (Phi) is 4.70. The Hall–Kier alpha value is -2.16. The number of ketones is 1. The number of halogens is 1. The van der Waals surface area contributed by atoms with Crippen molar-refractivity contribution in [3.8, 4) is 0 Å². The van der Waals surface area contributed by atoms with Gasteiger partial charge < -0.3 is 5.73 Å². The molecule has 0 saturated heterocycles. The van der Waals surface area contributed by atoms with Crippen LogP contribution in [0.2, 0.25) is 5.02 Å². The number of nitrogens with zero attached hydrogens (tertiary/aromatic N) is 3. The van der Waals surface area contributed by atoms with Crippen molar-refractivity contribution >= 4 is 51.9 Å². The number of carbonyl (C=O) groups is 1. The zero-order valence-corrected chi connectivity index (χ0v) is 15.1. The van der Waals surface area contributed by atoms with E-state index < -0.39 is 0 Å². The second-order valence-corrected chi connectivity index (χ2v) is 6.78. The van der Waals surface area contributed by atoms with Gasteiger partial charge in [-0.15, -0.1) is 16.4 Å². The summed E-state index contributed by atoms with van der Waals surface area (Å²) in [7, 11) is 0. The Bertz CT molecular complexity index is 945. The Morgan fingerprint density at radius 3 is 2.92 bits per heavy atom. The van der Waals surface area contributed by atoms with Gasteiger partial charge in [0.2, 0.25) is 10.7 Å². The zero-order valence-electron chi connectivity index (χ0n) is 12.7. The summed E-state index contributed by atoms with van der Waals surface area (Å²) < 4.78 is 3.18. The van der Waals surface area contributed by atoms with E-state index in [4.69, 9.17) is 29.6 Å². The molecule has 2 aromatic heterocycles. The van der Waals surface area contributed by atoms with Gasteiger partial charge >= 0.3 is 0 Å². The van der Waals surface area contributed by atoms with E-state index in [9.17, 15) is 4.79 Å². The maximum absolute atomic E-state index is 12.5. The molecule has 9 heteroatoms. The van der Waals surface area contributed by atoms with Gasteiger partial charge in [0, 0.05) is 10.6 Å². The Labute approximate surface area is 152 Å². The highest BCUT2D eigenvalue weighted by atomic mass is 35.5. The molecule has 1 aromatic carbocycles. The Morgan fingerprint density at radius 1 is 1.42 bits per heavy atom. The molecule has 0 aliphatic rings. The zero-order chi connectivity index (χ0) is 17.3. The molecule has 0 aliphatic carbocycles. The molecule has 3 rings (SSSR count). The first-order valence-corrected chi connectivity index (χ1v) is 8.68. The smallest absolute Gasteiger partial charge is 0.240 e. The third-order valence-corrected chi connectivity index (χ3v) is 5.05. The summed E-state index contributed by atoms with van der Waals surface area (Å²) in [6.45, 7) is 1.80. The molecule has 3 N–H and O–H groups in total. The van der Waals surface area contributed by atoms with Crippen LogP contribution in [-0.4, -0.2) is 20.2 Å². The molecule has 124 valence electrons. The number of rotatable bonds is 5. The number of nitrogen functional groups attached to an aromatic ring is 1. The first kappa shape index (κ1) is 16.7. The second kappa shape index (κ2) is 6.76. The fourth-order valence-corrected chi connectivity index (χ4v) is 3.24. The van der Waals surface area contributed by atoms with E-state index in [2.05, 4.69) is 10.5 Å². The van der Waals surface area contributed by atoms with E-state index in [1.807, 2.05) is 17.5 Å². The van der Waals surface area contributed by atoms with Gasteiger partial charge in [-0.2, -0.15) is 4.68 Å². The van der Waals surface area contributed by atoms with E-state index in [0.717, 1.165) is 10.6 Å². The lowest BCUT2D eigenvalue weighted by Gasteiger charge is -2.07. The van der Waals surface area contributed by atoms with Crippen molar-refractivity contribution < 1.29 is 4.79 Å². The van der Waals surface area contributed by atoms with Crippen molar-refractivity contribution in [3.05, 3.63) is 56.6 Å². The standard InChI is InChI=1S/C15H14ClN5OS2/c1-9-10(4-2-5-11(9)16)12(22)8-20-15(23)21(14(17)19-20)18-13-6-3-7-24-13/h2-7,18H,8H2,1H3,(H2,17,19). The predicted octanol–water partition coefficient (Wildman–Crippen LogP) is 3.78. The van der Waals surface area contributed by atoms with Crippen LogP contribution < -0.4 is 11.2 Å². The normalized spacial score (nSPS) is 10.8. The third-order valence-electron chi connectivity index (χ3n) is 3.47. The summed E-state index contributed by atoms with van der Waals surface area (Å²) in [5, 5.41) is 7.50. The molecule has 3 aromatic rings. The maximum Gasteiger partial charge on any atom is 0.240 e. The molecule has 0 unspecified atom stereocenters. The number of nitrogens with one attached hydrogen (secondary N) is 1. The third kappa shape index (κ3) is 3.21. The van der Waals surface area contributed by atoms with E-state index >= 15 is 0 Å². The first-order valence-electron chi connectivity index (χ1n) is 7.01. The minimum atomic E-state index is -0.133. The van der Waals surface area contributed by atoms with Crippen molar-refractivity contribution in [1.82, 2.24) is 14.5 Å². The second-order valence-electron chi connectivity index (χ2n) is 5.06. The SMILES string of the molecule is Cc1c(Cl)cccc1C(=O)Cn1nc(N)n(Nc2cccs2)c1=S. The van der Waals surface area contributed by atoms with Gasteiger partial charge in [-0.1, -0.05) is 23.7 Å². The van der Waals surface area contributed by atoms with Gasteiger partial charge in [0.15, 0.2) is 5.78 Å². The molecular weight excluding hydrogens is 366 g/mol. The Balaban J connectivity index is 1.87. The molecule has 0 spiro atoms. The molecule has 0 fully saturated rings. The van der Waals surface area contributed by atoms with Crippen LogP contribution in [0.5, 0.6) is 0 Å². The summed E-state index contributed by atoms with van der Waals surface area (Å²) in [6.07, 6.45) is 0. The highest BCUT2D eigenvalue weighted by Crippen LogP contribution is 2.20. The number of Topliss-reactive ketones (excluding diaryl/α,β-unsaturated/α-hetero) is 1. The van der Waals surface area contributed by atoms with Crippen molar-refractivity contribution in [3.63, 3.8) is 0 Å². The minimum absolute atomic E-state index is 0.0106. The number of nitrogens with two attached hydrogens (primary N) is 1. The number of hydrogen-bond acceptors (Lipinski definition) is 6. The molecule has 0 amide bonds. The van der Waals surface area contributed by atoms with Gasteiger partial charge in [0.05, 0.1) is 0 Å². The molecule has 6 nitrogen and oxygen atoms in total. The summed E-state index contributed by atoms with van der Waals surface area (Å²) in [4.78, 5) is 12.5. The lowest BCUT2D eigenvalue weighted by Crippen LogP contribution is -2.15. The van der Waals surface area contributed by atoms with Crippen molar-refractivity contribution in [2.45, 2.75) is 13.5 Å². The van der Waals surface area contributed by atoms with E-state index in [-0.39, 0.29) is 18.3 Å². The average molecular weight is 380 g/mol. The maximum atomic E-state index is 12.5. The highest BCUT2D eigenvalue weighted by molar-refractivity contribution is 7.71. The van der Waals surface area contributed by atoms with Gasteiger partial charge in [-0.25, -0.2) is 4.68 Å².